The lowest BCUT2D eigenvalue weighted by Gasteiger charge is -2.33. The zero-order chi connectivity index (χ0) is 21.1. The molecule has 5 heteroatoms. The molecule has 1 aliphatic carbocycles. The second-order valence-electron chi connectivity index (χ2n) is 8.05. The Hall–Kier alpha value is -2.95. The van der Waals surface area contributed by atoms with Crippen molar-refractivity contribution in [3.63, 3.8) is 0 Å². The highest BCUT2D eigenvalue weighted by Crippen LogP contribution is 2.24. The number of hydrogen-bond donors (Lipinski definition) is 0. The van der Waals surface area contributed by atoms with Crippen LogP contribution in [0.25, 0.3) is 5.65 Å². The lowest BCUT2D eigenvalue weighted by molar-refractivity contribution is 0.0647. The molecule has 3 aromatic rings. The van der Waals surface area contributed by atoms with Crippen LogP contribution in [0.1, 0.15) is 77.9 Å². The fraction of sp³-hybridized carbons (Fsp3) is 0.400. The molecule has 4 rings (SSSR count). The molecule has 30 heavy (non-hydrogen) atoms. The van der Waals surface area contributed by atoms with Crippen molar-refractivity contribution in [3.8, 4) is 0 Å². The molecule has 0 spiro atoms. The van der Waals surface area contributed by atoms with Crippen molar-refractivity contribution in [2.75, 3.05) is 6.54 Å². The van der Waals surface area contributed by atoms with Gasteiger partial charge in [-0.05, 0) is 56.0 Å². The van der Waals surface area contributed by atoms with Gasteiger partial charge < -0.3 is 4.90 Å². The second-order valence-corrected chi connectivity index (χ2v) is 8.05. The molecule has 156 valence electrons. The number of benzene rings is 1. The average Bonchev–Trinajstić information content (AvgIpc) is 3.23. The molecule has 0 atom stereocenters. The van der Waals surface area contributed by atoms with Crippen molar-refractivity contribution in [1.29, 1.82) is 0 Å². The first-order valence-corrected chi connectivity index (χ1v) is 11.0. The van der Waals surface area contributed by atoms with Gasteiger partial charge in [-0.25, -0.2) is 4.98 Å². The molecular formula is C25H29N3O2. The molecule has 1 saturated carbocycles. The van der Waals surface area contributed by atoms with E-state index in [0.717, 1.165) is 24.9 Å². The number of nitrogens with zero attached hydrogens (tertiary/aromatic N) is 3. The number of amides is 1. The van der Waals surface area contributed by atoms with E-state index in [0.29, 0.717) is 29.4 Å². The Morgan fingerprint density at radius 3 is 2.40 bits per heavy atom. The average molecular weight is 404 g/mol. The Balaban J connectivity index is 1.54. The molecule has 2 aromatic heterocycles. The lowest BCUT2D eigenvalue weighted by atomic mass is 9.93. The Morgan fingerprint density at radius 2 is 1.73 bits per heavy atom. The number of carbonyl (C=O) groups excluding carboxylic acids is 2. The molecular weight excluding hydrogens is 374 g/mol. The van der Waals surface area contributed by atoms with E-state index in [9.17, 15) is 9.59 Å². The van der Waals surface area contributed by atoms with Crippen molar-refractivity contribution in [2.24, 2.45) is 0 Å². The Labute approximate surface area is 177 Å². The predicted octanol–water partition coefficient (Wildman–Crippen LogP) is 4.92. The highest BCUT2D eigenvalue weighted by Gasteiger charge is 2.25. The van der Waals surface area contributed by atoms with Crippen molar-refractivity contribution in [3.05, 3.63) is 71.2 Å². The SMILES string of the molecule is CCc1ccn2c(C(=O)c3ccc(C(=O)N(CC)C4CCCCC4)cc3)cnc2c1. The third-order valence-corrected chi connectivity index (χ3v) is 6.23. The summed E-state index contributed by atoms with van der Waals surface area (Å²) < 4.78 is 1.82. The van der Waals surface area contributed by atoms with Gasteiger partial charge in [0.15, 0.2) is 0 Å². The highest BCUT2D eigenvalue weighted by molar-refractivity contribution is 6.08. The van der Waals surface area contributed by atoms with Crippen LogP contribution in [0.15, 0.2) is 48.8 Å². The van der Waals surface area contributed by atoms with E-state index >= 15 is 0 Å². The summed E-state index contributed by atoms with van der Waals surface area (Å²) in [7, 11) is 0. The number of pyridine rings is 1. The first-order chi connectivity index (χ1) is 14.6. The summed E-state index contributed by atoms with van der Waals surface area (Å²) in [5.74, 6) is -0.0318. The van der Waals surface area contributed by atoms with Crippen LogP contribution >= 0.6 is 0 Å². The number of hydrogen-bond acceptors (Lipinski definition) is 3. The molecule has 1 aromatic carbocycles. The summed E-state index contributed by atoms with van der Waals surface area (Å²) in [5.41, 5.74) is 3.70. The molecule has 1 fully saturated rings. The van der Waals surface area contributed by atoms with Crippen LogP contribution < -0.4 is 0 Å². The number of aromatic nitrogens is 2. The standard InChI is InChI=1S/C25H29N3O2/c1-3-18-14-15-28-22(17-26-23(28)16-18)24(29)19-10-12-20(13-11-19)25(30)27(4-2)21-8-6-5-7-9-21/h10-17,21H,3-9H2,1-2H3. The zero-order valence-corrected chi connectivity index (χ0v) is 17.8. The van der Waals surface area contributed by atoms with Crippen LogP contribution in [0.2, 0.25) is 0 Å². The molecule has 0 N–H and O–H groups in total. The summed E-state index contributed by atoms with van der Waals surface area (Å²) in [6.45, 7) is 4.85. The summed E-state index contributed by atoms with van der Waals surface area (Å²) in [4.78, 5) is 32.5. The van der Waals surface area contributed by atoms with Crippen LogP contribution in [-0.4, -0.2) is 38.6 Å². The molecule has 1 amide bonds. The summed E-state index contributed by atoms with van der Waals surface area (Å²) in [5, 5.41) is 0. The molecule has 0 radical (unpaired) electrons. The van der Waals surface area contributed by atoms with Crippen molar-refractivity contribution in [1.82, 2.24) is 14.3 Å². The van der Waals surface area contributed by atoms with Gasteiger partial charge in [0.1, 0.15) is 11.3 Å². The maximum atomic E-state index is 13.0. The minimum Gasteiger partial charge on any atom is -0.336 e. The number of carbonyl (C=O) groups is 2. The van der Waals surface area contributed by atoms with Gasteiger partial charge in [0.05, 0.1) is 6.20 Å². The molecule has 0 aliphatic heterocycles. The van der Waals surface area contributed by atoms with Gasteiger partial charge in [0.25, 0.3) is 5.91 Å². The van der Waals surface area contributed by atoms with E-state index in [-0.39, 0.29) is 11.7 Å². The fourth-order valence-electron chi connectivity index (χ4n) is 4.45. The van der Waals surface area contributed by atoms with Crippen molar-refractivity contribution >= 4 is 17.3 Å². The van der Waals surface area contributed by atoms with Crippen LogP contribution in [0.4, 0.5) is 0 Å². The highest BCUT2D eigenvalue weighted by atomic mass is 16.2. The monoisotopic (exact) mass is 403 g/mol. The molecule has 2 heterocycles. The van der Waals surface area contributed by atoms with E-state index in [1.54, 1.807) is 30.5 Å². The zero-order valence-electron chi connectivity index (χ0n) is 17.8. The van der Waals surface area contributed by atoms with Crippen LogP contribution in [0.5, 0.6) is 0 Å². The maximum absolute atomic E-state index is 13.0. The van der Waals surface area contributed by atoms with E-state index < -0.39 is 0 Å². The number of fused-ring (bicyclic) bond motifs is 1. The quantitative estimate of drug-likeness (QED) is 0.549. The van der Waals surface area contributed by atoms with Crippen LogP contribution in [-0.2, 0) is 6.42 Å². The number of ketones is 1. The van der Waals surface area contributed by atoms with E-state index in [1.165, 1.54) is 24.8 Å². The molecule has 1 aliphatic rings. The van der Waals surface area contributed by atoms with Gasteiger partial charge in [-0.1, -0.05) is 38.3 Å². The molecule has 0 bridgehead atoms. The van der Waals surface area contributed by atoms with Crippen molar-refractivity contribution < 1.29 is 9.59 Å². The number of imidazole rings is 1. The van der Waals surface area contributed by atoms with Gasteiger partial charge in [-0.2, -0.15) is 0 Å². The first-order valence-electron chi connectivity index (χ1n) is 11.0. The topological polar surface area (TPSA) is 54.7 Å². The molecule has 0 unspecified atom stereocenters. The Morgan fingerprint density at radius 1 is 1.03 bits per heavy atom. The van der Waals surface area contributed by atoms with Gasteiger partial charge in [-0.3, -0.25) is 14.0 Å². The van der Waals surface area contributed by atoms with E-state index in [2.05, 4.69) is 11.9 Å². The van der Waals surface area contributed by atoms with Crippen molar-refractivity contribution in [2.45, 2.75) is 58.4 Å². The van der Waals surface area contributed by atoms with Gasteiger partial charge in [0.2, 0.25) is 5.78 Å². The normalized spacial score (nSPS) is 14.7. The third-order valence-electron chi connectivity index (χ3n) is 6.23. The Kier molecular flexibility index (Phi) is 5.98. The predicted molar refractivity (Wildman–Crippen MR) is 118 cm³/mol. The first kappa shape index (κ1) is 20.3. The van der Waals surface area contributed by atoms with Gasteiger partial charge >= 0.3 is 0 Å². The number of rotatable bonds is 6. The van der Waals surface area contributed by atoms with Crippen LogP contribution in [0.3, 0.4) is 0 Å². The smallest absolute Gasteiger partial charge is 0.254 e. The fourth-order valence-corrected chi connectivity index (χ4v) is 4.45. The Bertz CT molecular complexity index is 1050. The minimum atomic E-state index is -0.0922. The minimum absolute atomic E-state index is 0.0605. The van der Waals surface area contributed by atoms with Gasteiger partial charge in [-0.15, -0.1) is 0 Å². The van der Waals surface area contributed by atoms with Gasteiger partial charge in [0, 0.05) is 29.9 Å². The summed E-state index contributed by atoms with van der Waals surface area (Å²) in [6, 6.07) is 11.4. The number of aryl methyl sites for hydroxylation is 1. The lowest BCUT2D eigenvalue weighted by Crippen LogP contribution is -2.41. The van der Waals surface area contributed by atoms with E-state index in [1.807, 2.05) is 34.6 Å². The molecule has 5 nitrogen and oxygen atoms in total. The third kappa shape index (κ3) is 3.89. The molecule has 0 saturated heterocycles. The largest absolute Gasteiger partial charge is 0.336 e. The summed E-state index contributed by atoms with van der Waals surface area (Å²) >= 11 is 0. The van der Waals surface area contributed by atoms with E-state index in [4.69, 9.17) is 0 Å². The summed E-state index contributed by atoms with van der Waals surface area (Å²) in [6.07, 6.45) is 10.3. The van der Waals surface area contributed by atoms with Crippen LogP contribution in [0, 0.1) is 0 Å². The maximum Gasteiger partial charge on any atom is 0.254 e. The second kappa shape index (κ2) is 8.82.